The Hall–Kier alpha value is -2.75. The van der Waals surface area contributed by atoms with Crippen LogP contribution in [0.1, 0.15) is 28.5 Å². The lowest BCUT2D eigenvalue weighted by atomic mass is 10.1. The molecule has 0 atom stereocenters. The number of benzene rings is 2. The van der Waals surface area contributed by atoms with Gasteiger partial charge in [-0.2, -0.15) is 0 Å². The van der Waals surface area contributed by atoms with E-state index in [2.05, 4.69) is 4.98 Å². The summed E-state index contributed by atoms with van der Waals surface area (Å²) in [7, 11) is 0. The summed E-state index contributed by atoms with van der Waals surface area (Å²) in [6.45, 7) is 4.54. The molecule has 0 aliphatic heterocycles. The minimum absolute atomic E-state index is 0.338. The Morgan fingerprint density at radius 2 is 1.87 bits per heavy atom. The first-order valence-electron chi connectivity index (χ1n) is 7.66. The monoisotopic (exact) mass is 309 g/mol. The van der Waals surface area contributed by atoms with Crippen molar-refractivity contribution in [3.05, 3.63) is 65.4 Å². The maximum Gasteiger partial charge on any atom is 0.355 e. The van der Waals surface area contributed by atoms with E-state index < -0.39 is 0 Å². The van der Waals surface area contributed by atoms with Crippen molar-refractivity contribution in [1.29, 1.82) is 0 Å². The van der Waals surface area contributed by atoms with Gasteiger partial charge in [-0.05, 0) is 37.1 Å². The molecule has 4 heteroatoms. The Morgan fingerprint density at radius 3 is 2.61 bits per heavy atom. The Kier molecular flexibility index (Phi) is 4.33. The number of nitrogens with one attached hydrogen (secondary N) is 1. The normalized spacial score (nSPS) is 10.7. The molecule has 0 saturated heterocycles. The summed E-state index contributed by atoms with van der Waals surface area (Å²) in [6.07, 6.45) is 0. The molecule has 3 aromatic rings. The van der Waals surface area contributed by atoms with E-state index in [1.54, 1.807) is 6.92 Å². The molecule has 0 fully saturated rings. The molecule has 0 saturated carbocycles. The van der Waals surface area contributed by atoms with E-state index in [-0.39, 0.29) is 5.97 Å². The van der Waals surface area contributed by atoms with Crippen LogP contribution in [-0.2, 0) is 11.3 Å². The maximum absolute atomic E-state index is 12.0. The number of aromatic amines is 1. The highest BCUT2D eigenvalue weighted by Crippen LogP contribution is 2.31. The molecule has 4 nitrogen and oxygen atoms in total. The van der Waals surface area contributed by atoms with Crippen LogP contribution in [0.25, 0.3) is 10.9 Å². The van der Waals surface area contributed by atoms with Crippen LogP contribution in [-0.4, -0.2) is 17.6 Å². The number of carbonyl (C=O) groups is 1. The molecule has 23 heavy (non-hydrogen) atoms. The van der Waals surface area contributed by atoms with Gasteiger partial charge in [0.1, 0.15) is 18.1 Å². The van der Waals surface area contributed by atoms with Crippen molar-refractivity contribution in [2.75, 3.05) is 6.61 Å². The number of carbonyl (C=O) groups excluding carboxylic acids is 1. The summed E-state index contributed by atoms with van der Waals surface area (Å²) in [5, 5.41) is 0.923. The number of ether oxygens (including phenoxy) is 2. The lowest BCUT2D eigenvalue weighted by Crippen LogP contribution is -2.06. The first-order valence-corrected chi connectivity index (χ1v) is 7.66. The van der Waals surface area contributed by atoms with Crippen molar-refractivity contribution in [3.8, 4) is 5.75 Å². The smallest absolute Gasteiger partial charge is 0.355 e. The number of esters is 1. The molecule has 3 rings (SSSR count). The Labute approximate surface area is 135 Å². The zero-order valence-corrected chi connectivity index (χ0v) is 13.3. The van der Waals surface area contributed by atoms with E-state index in [0.717, 1.165) is 27.8 Å². The van der Waals surface area contributed by atoms with E-state index in [9.17, 15) is 4.79 Å². The van der Waals surface area contributed by atoms with Gasteiger partial charge in [-0.15, -0.1) is 0 Å². The molecule has 0 unspecified atom stereocenters. The van der Waals surface area contributed by atoms with Crippen LogP contribution >= 0.6 is 0 Å². The lowest BCUT2D eigenvalue weighted by Gasteiger charge is -2.08. The predicted molar refractivity (Wildman–Crippen MR) is 89.8 cm³/mol. The highest BCUT2D eigenvalue weighted by atomic mass is 16.5. The van der Waals surface area contributed by atoms with Crippen LogP contribution in [0.3, 0.4) is 0 Å². The van der Waals surface area contributed by atoms with Gasteiger partial charge in [0.2, 0.25) is 0 Å². The van der Waals surface area contributed by atoms with Crippen LogP contribution in [0.15, 0.2) is 48.5 Å². The number of aryl methyl sites for hydroxylation is 1. The Morgan fingerprint density at radius 1 is 1.09 bits per heavy atom. The molecule has 1 aromatic heterocycles. The van der Waals surface area contributed by atoms with Gasteiger partial charge in [0.25, 0.3) is 0 Å². The molecule has 0 bridgehead atoms. The summed E-state index contributed by atoms with van der Waals surface area (Å²) in [4.78, 5) is 15.2. The standard InChI is InChI=1S/C19H19NO3/c1-3-22-19(21)18-13(2)17-15(20-18)10-7-11-16(17)23-12-14-8-5-4-6-9-14/h4-11,20H,3,12H2,1-2H3. The fraction of sp³-hybridized carbons (Fsp3) is 0.211. The van der Waals surface area contributed by atoms with Gasteiger partial charge >= 0.3 is 5.97 Å². The summed E-state index contributed by atoms with van der Waals surface area (Å²) in [6, 6.07) is 15.8. The van der Waals surface area contributed by atoms with Crippen molar-refractivity contribution >= 4 is 16.9 Å². The Bertz CT molecular complexity index is 821. The molecule has 2 aromatic carbocycles. The van der Waals surface area contributed by atoms with Gasteiger partial charge in [0.15, 0.2) is 0 Å². The average Bonchev–Trinajstić information content (AvgIpc) is 2.92. The number of fused-ring (bicyclic) bond motifs is 1. The minimum Gasteiger partial charge on any atom is -0.488 e. The first kappa shape index (κ1) is 15.2. The number of aromatic nitrogens is 1. The summed E-state index contributed by atoms with van der Waals surface area (Å²) in [5.74, 6) is 0.422. The zero-order valence-electron chi connectivity index (χ0n) is 13.3. The zero-order chi connectivity index (χ0) is 16.2. The lowest BCUT2D eigenvalue weighted by molar-refractivity contribution is 0.0520. The molecule has 0 aliphatic carbocycles. The molecule has 0 spiro atoms. The highest BCUT2D eigenvalue weighted by Gasteiger charge is 2.18. The second-order valence-corrected chi connectivity index (χ2v) is 5.30. The average molecular weight is 309 g/mol. The van der Waals surface area contributed by atoms with Gasteiger partial charge in [0.05, 0.1) is 12.1 Å². The third kappa shape index (κ3) is 3.06. The number of rotatable bonds is 5. The van der Waals surface area contributed by atoms with Crippen molar-refractivity contribution in [3.63, 3.8) is 0 Å². The van der Waals surface area contributed by atoms with Gasteiger partial charge in [-0.3, -0.25) is 0 Å². The molecule has 1 N–H and O–H groups in total. The summed E-state index contributed by atoms with van der Waals surface area (Å²) in [5.41, 5.74) is 3.30. The van der Waals surface area contributed by atoms with Crippen LogP contribution in [0.2, 0.25) is 0 Å². The summed E-state index contributed by atoms with van der Waals surface area (Å²) < 4.78 is 11.1. The number of hydrogen-bond acceptors (Lipinski definition) is 3. The number of H-pyrrole nitrogens is 1. The van der Waals surface area contributed by atoms with Crippen LogP contribution in [0, 0.1) is 6.92 Å². The third-order valence-corrected chi connectivity index (χ3v) is 3.75. The van der Waals surface area contributed by atoms with Gasteiger partial charge < -0.3 is 14.5 Å². The highest BCUT2D eigenvalue weighted by molar-refractivity contribution is 6.00. The second kappa shape index (κ2) is 6.57. The quantitative estimate of drug-likeness (QED) is 0.717. The molecule has 0 radical (unpaired) electrons. The van der Waals surface area contributed by atoms with E-state index in [1.807, 2.05) is 55.5 Å². The molecule has 0 amide bonds. The van der Waals surface area contributed by atoms with Gasteiger partial charge in [0, 0.05) is 5.39 Å². The minimum atomic E-state index is -0.338. The summed E-state index contributed by atoms with van der Waals surface area (Å²) >= 11 is 0. The van der Waals surface area contributed by atoms with Gasteiger partial charge in [-0.1, -0.05) is 36.4 Å². The van der Waals surface area contributed by atoms with Crippen molar-refractivity contribution in [2.45, 2.75) is 20.5 Å². The van der Waals surface area contributed by atoms with Crippen molar-refractivity contribution in [2.24, 2.45) is 0 Å². The van der Waals surface area contributed by atoms with Crippen LogP contribution in [0.4, 0.5) is 0 Å². The van der Waals surface area contributed by atoms with Crippen molar-refractivity contribution in [1.82, 2.24) is 4.98 Å². The largest absolute Gasteiger partial charge is 0.488 e. The SMILES string of the molecule is CCOC(=O)c1[nH]c2cccc(OCc3ccccc3)c2c1C. The fourth-order valence-corrected chi connectivity index (χ4v) is 2.64. The Balaban J connectivity index is 1.93. The van der Waals surface area contributed by atoms with E-state index in [1.165, 1.54) is 0 Å². The number of hydrogen-bond donors (Lipinski definition) is 1. The topological polar surface area (TPSA) is 51.3 Å². The van der Waals surface area contributed by atoms with E-state index >= 15 is 0 Å². The molecular formula is C19H19NO3. The molecule has 118 valence electrons. The van der Waals surface area contributed by atoms with Gasteiger partial charge in [-0.25, -0.2) is 4.79 Å². The molecular weight excluding hydrogens is 290 g/mol. The molecule has 0 aliphatic rings. The van der Waals surface area contributed by atoms with Crippen LogP contribution in [0.5, 0.6) is 5.75 Å². The fourth-order valence-electron chi connectivity index (χ4n) is 2.64. The maximum atomic E-state index is 12.0. The molecule has 1 heterocycles. The van der Waals surface area contributed by atoms with E-state index in [4.69, 9.17) is 9.47 Å². The van der Waals surface area contributed by atoms with Crippen molar-refractivity contribution < 1.29 is 14.3 Å². The third-order valence-electron chi connectivity index (χ3n) is 3.75. The first-order chi connectivity index (χ1) is 11.2. The predicted octanol–water partition coefficient (Wildman–Crippen LogP) is 4.23. The van der Waals surface area contributed by atoms with Crippen LogP contribution < -0.4 is 4.74 Å². The van der Waals surface area contributed by atoms with E-state index in [0.29, 0.717) is 18.9 Å². The second-order valence-electron chi connectivity index (χ2n) is 5.30.